The van der Waals surface area contributed by atoms with Crippen LogP contribution in [-0.4, -0.2) is 18.4 Å². The molecule has 138 valence electrons. The first-order chi connectivity index (χ1) is 13.1. The predicted molar refractivity (Wildman–Crippen MR) is 108 cm³/mol. The van der Waals surface area contributed by atoms with Crippen molar-refractivity contribution in [2.24, 2.45) is 0 Å². The number of rotatable bonds is 4. The first-order valence-electron chi connectivity index (χ1n) is 8.97. The standard InChI is InChI=1S/C21H19BrN2O3/c22-17-8-4-6-15-12-18(27-20(15)17)21(26)23-13-14-5-3-7-16(11-14)24-10-2-1-9-19(24)25/h3-8,11-12H,1-2,9-10,13H2,(H,23,26). The Morgan fingerprint density at radius 2 is 2.00 bits per heavy atom. The van der Waals surface area contributed by atoms with E-state index in [0.717, 1.165) is 40.5 Å². The van der Waals surface area contributed by atoms with E-state index in [1.807, 2.05) is 47.4 Å². The van der Waals surface area contributed by atoms with E-state index in [9.17, 15) is 9.59 Å². The van der Waals surface area contributed by atoms with Crippen LogP contribution in [0.1, 0.15) is 35.4 Å². The van der Waals surface area contributed by atoms with Crippen LogP contribution in [-0.2, 0) is 11.3 Å². The van der Waals surface area contributed by atoms with Gasteiger partial charge in [0, 0.05) is 30.6 Å². The van der Waals surface area contributed by atoms with Gasteiger partial charge in [-0.1, -0.05) is 24.3 Å². The molecule has 0 aliphatic carbocycles. The maximum atomic E-state index is 12.5. The number of nitrogens with zero attached hydrogens (tertiary/aromatic N) is 1. The third kappa shape index (κ3) is 3.76. The topological polar surface area (TPSA) is 62.6 Å². The van der Waals surface area contributed by atoms with Crippen LogP contribution >= 0.6 is 15.9 Å². The molecule has 0 saturated carbocycles. The summed E-state index contributed by atoms with van der Waals surface area (Å²) >= 11 is 3.43. The third-order valence-electron chi connectivity index (χ3n) is 4.72. The monoisotopic (exact) mass is 426 g/mol. The minimum absolute atomic E-state index is 0.162. The Hall–Kier alpha value is -2.60. The fourth-order valence-corrected chi connectivity index (χ4v) is 3.78. The summed E-state index contributed by atoms with van der Waals surface area (Å²) in [6.45, 7) is 1.12. The minimum Gasteiger partial charge on any atom is -0.450 e. The highest BCUT2D eigenvalue weighted by Gasteiger charge is 2.20. The molecule has 1 N–H and O–H groups in total. The summed E-state index contributed by atoms with van der Waals surface area (Å²) in [4.78, 5) is 26.4. The van der Waals surface area contributed by atoms with Crippen LogP contribution in [0.3, 0.4) is 0 Å². The average molecular weight is 427 g/mol. The number of amides is 2. The molecule has 3 aromatic rings. The van der Waals surface area contributed by atoms with Crippen molar-refractivity contribution in [1.82, 2.24) is 5.32 Å². The van der Waals surface area contributed by atoms with Crippen molar-refractivity contribution in [1.29, 1.82) is 0 Å². The molecule has 6 heteroatoms. The molecule has 4 rings (SSSR count). The van der Waals surface area contributed by atoms with Crippen molar-refractivity contribution in [2.75, 3.05) is 11.4 Å². The van der Waals surface area contributed by atoms with Crippen molar-refractivity contribution >= 4 is 44.4 Å². The number of furan rings is 1. The van der Waals surface area contributed by atoms with Gasteiger partial charge < -0.3 is 14.6 Å². The van der Waals surface area contributed by atoms with E-state index in [4.69, 9.17) is 4.42 Å². The van der Waals surface area contributed by atoms with Crippen molar-refractivity contribution in [2.45, 2.75) is 25.8 Å². The van der Waals surface area contributed by atoms with Gasteiger partial charge in [0.1, 0.15) is 5.58 Å². The fourth-order valence-electron chi connectivity index (χ4n) is 3.32. The van der Waals surface area contributed by atoms with Crippen LogP contribution in [0.4, 0.5) is 5.69 Å². The number of carbonyl (C=O) groups excluding carboxylic acids is 2. The van der Waals surface area contributed by atoms with E-state index >= 15 is 0 Å². The number of piperidine rings is 1. The second-order valence-corrected chi connectivity index (χ2v) is 7.48. The molecule has 1 aromatic heterocycles. The Kier molecular flexibility index (Phi) is 4.99. The zero-order valence-electron chi connectivity index (χ0n) is 14.7. The maximum absolute atomic E-state index is 12.5. The Morgan fingerprint density at radius 1 is 1.15 bits per heavy atom. The van der Waals surface area contributed by atoms with Crippen molar-refractivity contribution in [3.8, 4) is 0 Å². The lowest BCUT2D eigenvalue weighted by Gasteiger charge is -2.27. The molecule has 0 radical (unpaired) electrons. The summed E-state index contributed by atoms with van der Waals surface area (Å²) in [5.41, 5.74) is 2.49. The number of benzene rings is 2. The SMILES string of the molecule is O=C(NCc1cccc(N2CCCCC2=O)c1)c1cc2cccc(Br)c2o1. The molecule has 5 nitrogen and oxygen atoms in total. The van der Waals surface area contributed by atoms with Gasteiger partial charge in [-0.25, -0.2) is 0 Å². The van der Waals surface area contributed by atoms with Crippen LogP contribution in [0.15, 0.2) is 57.4 Å². The summed E-state index contributed by atoms with van der Waals surface area (Å²) in [5, 5.41) is 3.76. The molecular weight excluding hydrogens is 408 g/mol. The van der Waals surface area contributed by atoms with Crippen molar-refractivity contribution in [3.63, 3.8) is 0 Å². The number of halogens is 1. The summed E-state index contributed by atoms with van der Waals surface area (Å²) in [6, 6.07) is 15.2. The van der Waals surface area contributed by atoms with Gasteiger partial charge >= 0.3 is 0 Å². The second kappa shape index (κ2) is 7.56. The van der Waals surface area contributed by atoms with Gasteiger partial charge in [0.2, 0.25) is 5.91 Å². The molecule has 0 unspecified atom stereocenters. The molecule has 27 heavy (non-hydrogen) atoms. The molecule has 1 aliphatic rings. The van der Waals surface area contributed by atoms with E-state index in [1.165, 1.54) is 0 Å². The lowest BCUT2D eigenvalue weighted by Crippen LogP contribution is -2.35. The molecule has 1 saturated heterocycles. The number of fused-ring (bicyclic) bond motifs is 1. The minimum atomic E-state index is -0.266. The van der Waals surface area contributed by atoms with Crippen LogP contribution < -0.4 is 10.2 Å². The number of nitrogens with one attached hydrogen (secondary N) is 1. The lowest BCUT2D eigenvalue weighted by molar-refractivity contribution is -0.119. The van der Waals surface area contributed by atoms with Crippen molar-refractivity contribution in [3.05, 3.63) is 64.3 Å². The van der Waals surface area contributed by atoms with Gasteiger partial charge in [-0.3, -0.25) is 9.59 Å². The largest absolute Gasteiger partial charge is 0.450 e. The van der Waals surface area contributed by atoms with E-state index in [-0.39, 0.29) is 17.6 Å². The number of para-hydroxylation sites is 1. The van der Waals surface area contributed by atoms with Crippen LogP contribution in [0.25, 0.3) is 11.0 Å². The zero-order chi connectivity index (χ0) is 18.8. The third-order valence-corrected chi connectivity index (χ3v) is 5.34. The predicted octanol–water partition coefficient (Wildman–Crippen LogP) is 4.64. The molecule has 1 fully saturated rings. The van der Waals surface area contributed by atoms with Gasteiger partial charge in [-0.05, 0) is 58.6 Å². The summed E-state index contributed by atoms with van der Waals surface area (Å²) in [6.07, 6.45) is 2.58. The summed E-state index contributed by atoms with van der Waals surface area (Å²) in [7, 11) is 0. The van der Waals surface area contributed by atoms with Gasteiger partial charge in [0.15, 0.2) is 5.76 Å². The summed E-state index contributed by atoms with van der Waals surface area (Å²) in [5.74, 6) is 0.173. The smallest absolute Gasteiger partial charge is 0.287 e. The summed E-state index contributed by atoms with van der Waals surface area (Å²) < 4.78 is 6.49. The first-order valence-corrected chi connectivity index (χ1v) is 9.77. The Bertz CT molecular complexity index is 1010. The second-order valence-electron chi connectivity index (χ2n) is 6.62. The highest BCUT2D eigenvalue weighted by Crippen LogP contribution is 2.27. The molecule has 1 aliphatic heterocycles. The zero-order valence-corrected chi connectivity index (χ0v) is 16.3. The molecule has 2 heterocycles. The van der Waals surface area contributed by atoms with Gasteiger partial charge in [-0.15, -0.1) is 0 Å². The highest BCUT2D eigenvalue weighted by molar-refractivity contribution is 9.10. The number of hydrogen-bond acceptors (Lipinski definition) is 3. The van der Waals surface area contributed by atoms with Gasteiger partial charge in [-0.2, -0.15) is 0 Å². The van der Waals surface area contributed by atoms with Crippen molar-refractivity contribution < 1.29 is 14.0 Å². The Balaban J connectivity index is 1.46. The number of carbonyl (C=O) groups is 2. The highest BCUT2D eigenvalue weighted by atomic mass is 79.9. The molecule has 2 amide bonds. The van der Waals surface area contributed by atoms with E-state index in [0.29, 0.717) is 18.5 Å². The van der Waals surface area contributed by atoms with Crippen LogP contribution in [0.5, 0.6) is 0 Å². The fraction of sp³-hybridized carbons (Fsp3) is 0.238. The lowest BCUT2D eigenvalue weighted by atomic mass is 10.1. The van der Waals surface area contributed by atoms with E-state index in [1.54, 1.807) is 6.07 Å². The van der Waals surface area contributed by atoms with Gasteiger partial charge in [0.25, 0.3) is 5.91 Å². The average Bonchev–Trinajstić information content (AvgIpc) is 3.13. The Labute approximate surface area is 165 Å². The van der Waals surface area contributed by atoms with Gasteiger partial charge in [0.05, 0.1) is 4.47 Å². The first kappa shape index (κ1) is 17.8. The Morgan fingerprint density at radius 3 is 2.81 bits per heavy atom. The number of hydrogen-bond donors (Lipinski definition) is 1. The van der Waals surface area contributed by atoms with E-state index in [2.05, 4.69) is 21.2 Å². The maximum Gasteiger partial charge on any atom is 0.287 e. The molecular formula is C21H19BrN2O3. The van der Waals surface area contributed by atoms with Crippen LogP contribution in [0, 0.1) is 0 Å². The normalized spacial score (nSPS) is 14.6. The quantitative estimate of drug-likeness (QED) is 0.660. The molecule has 0 atom stereocenters. The van der Waals surface area contributed by atoms with E-state index < -0.39 is 0 Å². The number of anilines is 1. The molecule has 0 spiro atoms. The van der Waals surface area contributed by atoms with Crippen LogP contribution in [0.2, 0.25) is 0 Å². The molecule has 0 bridgehead atoms. The molecule has 2 aromatic carbocycles.